The zero-order valence-corrected chi connectivity index (χ0v) is 14.9. The molecule has 0 radical (unpaired) electrons. The number of non-ortho nitro benzene ring substituents is 1. The number of nitrogens with two attached hydrogens (primary N) is 1. The van der Waals surface area contributed by atoms with Gasteiger partial charge in [-0.05, 0) is 30.3 Å². The Morgan fingerprint density at radius 3 is 2.26 bits per heavy atom. The van der Waals surface area contributed by atoms with Gasteiger partial charge in [0, 0.05) is 24.2 Å². The highest BCUT2D eigenvalue weighted by Crippen LogP contribution is 2.24. The Bertz CT molecular complexity index is 1000. The molecule has 0 aliphatic heterocycles. The van der Waals surface area contributed by atoms with E-state index in [-0.39, 0.29) is 33.9 Å². The zero-order valence-electron chi connectivity index (χ0n) is 14.1. The number of rotatable bonds is 6. The number of carbonyl (C=O) groups is 2. The lowest BCUT2D eigenvalue weighted by atomic mass is 10.1. The van der Waals surface area contributed by atoms with E-state index in [9.17, 15) is 28.1 Å². The molecule has 0 unspecified atom stereocenters. The highest BCUT2D eigenvalue weighted by atomic mass is 32.2. The normalized spacial score (nSPS) is 10.9. The summed E-state index contributed by atoms with van der Waals surface area (Å²) in [7, 11) is -3.86. The molecule has 2 aromatic carbocycles. The fourth-order valence-electron chi connectivity index (χ4n) is 2.11. The average molecular weight is 392 g/mol. The van der Waals surface area contributed by atoms with Crippen LogP contribution in [0.1, 0.15) is 23.7 Å². The fourth-order valence-corrected chi connectivity index (χ4v) is 2.63. The zero-order chi connectivity index (χ0) is 20.2. The minimum Gasteiger partial charge on any atom is -0.325 e. The summed E-state index contributed by atoms with van der Waals surface area (Å²) in [6, 6.07) is 8.58. The van der Waals surface area contributed by atoms with Crippen LogP contribution in [0.5, 0.6) is 0 Å². The van der Waals surface area contributed by atoms with Crippen LogP contribution >= 0.6 is 0 Å². The smallest absolute Gasteiger partial charge is 0.271 e. The van der Waals surface area contributed by atoms with Crippen LogP contribution < -0.4 is 15.8 Å². The Labute approximate surface area is 154 Å². The first-order valence-corrected chi connectivity index (χ1v) is 9.19. The third kappa shape index (κ3) is 5.09. The molecule has 2 amide bonds. The van der Waals surface area contributed by atoms with Gasteiger partial charge < -0.3 is 10.6 Å². The van der Waals surface area contributed by atoms with E-state index in [2.05, 4.69) is 10.6 Å². The van der Waals surface area contributed by atoms with Gasteiger partial charge in [-0.3, -0.25) is 19.7 Å². The molecule has 2 rings (SSSR count). The van der Waals surface area contributed by atoms with Crippen LogP contribution in [-0.2, 0) is 14.8 Å². The van der Waals surface area contributed by atoms with Crippen molar-refractivity contribution in [2.75, 3.05) is 10.6 Å². The van der Waals surface area contributed by atoms with Gasteiger partial charge in [0.25, 0.3) is 11.6 Å². The molecule has 0 saturated carbocycles. The second kappa shape index (κ2) is 7.93. The molecule has 142 valence electrons. The van der Waals surface area contributed by atoms with Crippen LogP contribution in [0.2, 0.25) is 0 Å². The Balaban J connectivity index is 2.31. The van der Waals surface area contributed by atoms with Crippen molar-refractivity contribution in [2.24, 2.45) is 5.14 Å². The summed E-state index contributed by atoms with van der Waals surface area (Å²) in [6.07, 6.45) is 0.124. The van der Waals surface area contributed by atoms with Crippen LogP contribution in [0.4, 0.5) is 17.1 Å². The molecule has 10 nitrogen and oxygen atoms in total. The molecule has 0 aromatic heterocycles. The number of carbonyl (C=O) groups excluding carboxylic acids is 2. The molecule has 0 atom stereocenters. The minimum atomic E-state index is -3.86. The molecule has 2 aromatic rings. The van der Waals surface area contributed by atoms with E-state index in [1.165, 1.54) is 30.3 Å². The molecule has 0 fully saturated rings. The van der Waals surface area contributed by atoms with E-state index in [1.807, 2.05) is 0 Å². The SMILES string of the molecule is CCC(=O)Nc1cc([N+](=O)[O-])ccc1C(=O)Nc1ccc(S(N)(=O)=O)cc1. The molecular formula is C16H16N4O6S. The van der Waals surface area contributed by atoms with Crippen molar-refractivity contribution >= 4 is 38.9 Å². The van der Waals surface area contributed by atoms with Crippen molar-refractivity contribution in [3.05, 3.63) is 58.1 Å². The van der Waals surface area contributed by atoms with Crippen molar-refractivity contribution in [2.45, 2.75) is 18.2 Å². The van der Waals surface area contributed by atoms with Crippen LogP contribution in [0.3, 0.4) is 0 Å². The molecular weight excluding hydrogens is 376 g/mol. The van der Waals surface area contributed by atoms with Gasteiger partial charge in [-0.2, -0.15) is 0 Å². The number of nitro benzene ring substituents is 1. The first-order chi connectivity index (χ1) is 12.6. The Hall–Kier alpha value is -3.31. The van der Waals surface area contributed by atoms with Crippen molar-refractivity contribution in [3.63, 3.8) is 0 Å². The van der Waals surface area contributed by atoms with E-state index >= 15 is 0 Å². The molecule has 0 aliphatic rings. The Morgan fingerprint density at radius 1 is 1.11 bits per heavy atom. The van der Waals surface area contributed by atoms with Crippen LogP contribution in [0, 0.1) is 10.1 Å². The second-order valence-corrected chi connectivity index (χ2v) is 6.97. The quantitative estimate of drug-likeness (QED) is 0.502. The van der Waals surface area contributed by atoms with Gasteiger partial charge in [0.15, 0.2) is 0 Å². The predicted molar refractivity (Wildman–Crippen MR) is 97.8 cm³/mol. The summed E-state index contributed by atoms with van der Waals surface area (Å²) in [5.41, 5.74) is 0.00149. The van der Waals surface area contributed by atoms with Gasteiger partial charge in [-0.15, -0.1) is 0 Å². The van der Waals surface area contributed by atoms with E-state index in [4.69, 9.17) is 5.14 Å². The third-order valence-electron chi connectivity index (χ3n) is 3.49. The van der Waals surface area contributed by atoms with E-state index in [1.54, 1.807) is 6.92 Å². The van der Waals surface area contributed by atoms with Crippen LogP contribution in [0.25, 0.3) is 0 Å². The molecule has 0 bridgehead atoms. The number of anilines is 2. The van der Waals surface area contributed by atoms with Crippen LogP contribution in [-0.4, -0.2) is 25.2 Å². The summed E-state index contributed by atoms with van der Waals surface area (Å²) in [5, 5.41) is 20.9. The van der Waals surface area contributed by atoms with E-state index in [0.717, 1.165) is 12.1 Å². The van der Waals surface area contributed by atoms with Gasteiger partial charge >= 0.3 is 0 Å². The van der Waals surface area contributed by atoms with Crippen molar-refractivity contribution in [1.29, 1.82) is 0 Å². The number of nitrogens with zero attached hydrogens (tertiary/aromatic N) is 1. The maximum Gasteiger partial charge on any atom is 0.271 e. The average Bonchev–Trinajstić information content (AvgIpc) is 2.61. The number of nitrogens with one attached hydrogen (secondary N) is 2. The summed E-state index contributed by atoms with van der Waals surface area (Å²) < 4.78 is 22.5. The number of benzene rings is 2. The topological polar surface area (TPSA) is 162 Å². The van der Waals surface area contributed by atoms with Crippen molar-refractivity contribution < 1.29 is 22.9 Å². The molecule has 0 spiro atoms. The number of nitro groups is 1. The highest BCUT2D eigenvalue weighted by molar-refractivity contribution is 7.89. The number of amides is 2. The third-order valence-corrected chi connectivity index (χ3v) is 4.42. The lowest BCUT2D eigenvalue weighted by Gasteiger charge is -2.11. The minimum absolute atomic E-state index is 0.00490. The standard InChI is InChI=1S/C16H16N4O6S/c1-2-15(21)19-14-9-11(20(23)24)5-8-13(14)16(22)18-10-3-6-12(7-4-10)27(17,25)26/h3-9H,2H2,1H3,(H,18,22)(H,19,21)(H2,17,25,26). The molecule has 0 saturated heterocycles. The lowest BCUT2D eigenvalue weighted by Crippen LogP contribution is -2.18. The fraction of sp³-hybridized carbons (Fsp3) is 0.125. The largest absolute Gasteiger partial charge is 0.325 e. The van der Waals surface area contributed by atoms with Gasteiger partial charge in [-0.1, -0.05) is 6.92 Å². The van der Waals surface area contributed by atoms with Gasteiger partial charge in [-0.25, -0.2) is 13.6 Å². The highest BCUT2D eigenvalue weighted by Gasteiger charge is 2.18. The van der Waals surface area contributed by atoms with E-state index in [0.29, 0.717) is 0 Å². The summed E-state index contributed by atoms with van der Waals surface area (Å²) in [6.45, 7) is 1.60. The number of hydrogen-bond donors (Lipinski definition) is 3. The maximum atomic E-state index is 12.5. The summed E-state index contributed by atoms with van der Waals surface area (Å²) in [5.74, 6) is -1.05. The predicted octanol–water partition coefficient (Wildman–Crippen LogP) is 1.84. The molecule has 11 heteroatoms. The van der Waals surface area contributed by atoms with Crippen molar-refractivity contribution in [1.82, 2.24) is 0 Å². The van der Waals surface area contributed by atoms with Crippen LogP contribution in [0.15, 0.2) is 47.4 Å². The Kier molecular flexibility index (Phi) is 5.88. The number of sulfonamides is 1. The summed E-state index contributed by atoms with van der Waals surface area (Å²) in [4.78, 5) is 34.3. The molecule has 0 heterocycles. The number of primary sulfonamides is 1. The Morgan fingerprint density at radius 2 is 1.74 bits per heavy atom. The second-order valence-electron chi connectivity index (χ2n) is 5.41. The summed E-state index contributed by atoms with van der Waals surface area (Å²) >= 11 is 0. The first kappa shape index (κ1) is 20.0. The molecule has 4 N–H and O–H groups in total. The number of hydrogen-bond acceptors (Lipinski definition) is 6. The maximum absolute atomic E-state index is 12.5. The molecule has 0 aliphatic carbocycles. The monoisotopic (exact) mass is 392 g/mol. The molecule has 27 heavy (non-hydrogen) atoms. The first-order valence-electron chi connectivity index (χ1n) is 7.64. The van der Waals surface area contributed by atoms with Gasteiger partial charge in [0.2, 0.25) is 15.9 Å². The van der Waals surface area contributed by atoms with E-state index < -0.39 is 26.8 Å². The van der Waals surface area contributed by atoms with Gasteiger partial charge in [0.05, 0.1) is 21.1 Å². The lowest BCUT2D eigenvalue weighted by molar-refractivity contribution is -0.384. The van der Waals surface area contributed by atoms with Crippen molar-refractivity contribution in [3.8, 4) is 0 Å². The van der Waals surface area contributed by atoms with Gasteiger partial charge in [0.1, 0.15) is 0 Å².